The highest BCUT2D eigenvalue weighted by atomic mass is 16.5. The van der Waals surface area contributed by atoms with Crippen molar-refractivity contribution in [2.45, 2.75) is 0 Å². The maximum Gasteiger partial charge on any atom is 0.218 e. The van der Waals surface area contributed by atoms with Gasteiger partial charge < -0.3 is 15.5 Å². The lowest BCUT2D eigenvalue weighted by atomic mass is 10.4. The first-order chi connectivity index (χ1) is 4.75. The van der Waals surface area contributed by atoms with Crippen molar-refractivity contribution in [3.8, 4) is 5.88 Å². The van der Waals surface area contributed by atoms with E-state index in [2.05, 4.69) is 4.98 Å². The first-order valence-corrected chi connectivity index (χ1v) is 2.77. The third-order valence-corrected chi connectivity index (χ3v) is 1.16. The lowest BCUT2D eigenvalue weighted by Gasteiger charge is -2.00. The number of aromatic amines is 1. The first-order valence-electron chi connectivity index (χ1n) is 2.77. The molecule has 0 bridgehead atoms. The van der Waals surface area contributed by atoms with Crippen LogP contribution in [-0.2, 0) is 0 Å². The summed E-state index contributed by atoms with van der Waals surface area (Å²) in [6.45, 7) is 0. The van der Waals surface area contributed by atoms with Crippen molar-refractivity contribution in [2.24, 2.45) is 0 Å². The zero-order chi connectivity index (χ0) is 7.56. The average molecular weight is 140 g/mol. The molecule has 0 saturated heterocycles. The quantitative estimate of drug-likeness (QED) is 0.575. The number of H-pyrrole nitrogens is 1. The van der Waals surface area contributed by atoms with Crippen LogP contribution < -0.4 is 15.9 Å². The number of nitrogen functional groups attached to an aromatic ring is 1. The van der Waals surface area contributed by atoms with Gasteiger partial charge in [-0.05, 0) is 0 Å². The molecule has 0 radical (unpaired) electrons. The number of rotatable bonds is 1. The summed E-state index contributed by atoms with van der Waals surface area (Å²) in [6.07, 6.45) is 1.48. The van der Waals surface area contributed by atoms with Gasteiger partial charge in [-0.3, -0.25) is 4.79 Å². The molecule has 0 amide bonds. The number of pyridine rings is 1. The Balaban J connectivity index is 3.28. The Bertz CT molecular complexity index is 279. The summed E-state index contributed by atoms with van der Waals surface area (Å²) in [7, 11) is 1.45. The van der Waals surface area contributed by atoms with E-state index in [9.17, 15) is 4.79 Å². The predicted octanol–water partition coefficient (Wildman–Crippen LogP) is -0.0343. The van der Waals surface area contributed by atoms with Gasteiger partial charge in [-0.25, -0.2) is 0 Å². The van der Waals surface area contributed by atoms with Crippen molar-refractivity contribution < 1.29 is 4.74 Å². The van der Waals surface area contributed by atoms with Crippen LogP contribution in [0.1, 0.15) is 0 Å². The average Bonchev–Trinajstić information content (AvgIpc) is 1.95. The van der Waals surface area contributed by atoms with Crippen LogP contribution in [0.5, 0.6) is 5.88 Å². The van der Waals surface area contributed by atoms with Gasteiger partial charge in [-0.1, -0.05) is 0 Å². The minimum atomic E-state index is -0.226. The fraction of sp³-hybridized carbons (Fsp3) is 0.167. The highest BCUT2D eigenvalue weighted by Gasteiger charge is 1.99. The Hall–Kier alpha value is -1.45. The molecule has 0 fully saturated rings. The van der Waals surface area contributed by atoms with E-state index in [1.807, 2.05) is 0 Å². The largest absolute Gasteiger partial charge is 0.481 e. The third kappa shape index (κ3) is 0.953. The Labute approximate surface area is 57.6 Å². The molecule has 1 rings (SSSR count). The molecule has 0 spiro atoms. The van der Waals surface area contributed by atoms with E-state index in [1.54, 1.807) is 0 Å². The van der Waals surface area contributed by atoms with Crippen molar-refractivity contribution in [3.63, 3.8) is 0 Å². The number of nitrogens with two attached hydrogens (primary N) is 1. The Morgan fingerprint density at radius 2 is 2.40 bits per heavy atom. The van der Waals surface area contributed by atoms with Crippen LogP contribution in [0.4, 0.5) is 5.69 Å². The third-order valence-electron chi connectivity index (χ3n) is 1.16. The number of anilines is 1. The molecular weight excluding hydrogens is 132 g/mol. The lowest BCUT2D eigenvalue weighted by molar-refractivity contribution is 0.400. The monoisotopic (exact) mass is 140 g/mol. The van der Waals surface area contributed by atoms with E-state index in [0.717, 1.165) is 0 Å². The minimum Gasteiger partial charge on any atom is -0.481 e. The van der Waals surface area contributed by atoms with Gasteiger partial charge >= 0.3 is 0 Å². The summed E-state index contributed by atoms with van der Waals surface area (Å²) in [5.41, 5.74) is 5.21. The van der Waals surface area contributed by atoms with Crippen molar-refractivity contribution >= 4 is 5.69 Å². The van der Waals surface area contributed by atoms with E-state index in [-0.39, 0.29) is 11.1 Å². The molecule has 10 heavy (non-hydrogen) atoms. The van der Waals surface area contributed by atoms with Gasteiger partial charge in [-0.15, -0.1) is 0 Å². The Kier molecular flexibility index (Phi) is 1.62. The number of aromatic nitrogens is 1. The van der Waals surface area contributed by atoms with E-state index < -0.39 is 0 Å². The standard InChI is InChI=1S/C6H8N2O2/c1-10-6-5(7)4(9)2-3-8-6/h2-3H,7H2,1H3,(H,8,9). The summed E-state index contributed by atoms with van der Waals surface area (Å²) in [4.78, 5) is 13.5. The lowest BCUT2D eigenvalue weighted by Crippen LogP contribution is -2.08. The molecule has 0 aliphatic carbocycles. The summed E-state index contributed by atoms with van der Waals surface area (Å²) in [5, 5.41) is 0. The van der Waals surface area contributed by atoms with Gasteiger partial charge in [0.05, 0.1) is 7.11 Å². The fourth-order valence-electron chi connectivity index (χ4n) is 0.641. The van der Waals surface area contributed by atoms with Crippen LogP contribution in [0, 0.1) is 0 Å². The molecule has 0 unspecified atom stereocenters. The molecule has 54 valence electrons. The smallest absolute Gasteiger partial charge is 0.218 e. The van der Waals surface area contributed by atoms with Gasteiger partial charge in [-0.2, -0.15) is 0 Å². The maximum absolute atomic E-state index is 10.8. The van der Waals surface area contributed by atoms with Crippen LogP contribution in [0.3, 0.4) is 0 Å². The SMILES string of the molecule is COc1[nH]ccc(=O)c1N. The van der Waals surface area contributed by atoms with E-state index >= 15 is 0 Å². The summed E-state index contributed by atoms with van der Waals surface area (Å²) >= 11 is 0. The van der Waals surface area contributed by atoms with E-state index in [1.165, 1.54) is 19.4 Å². The highest BCUT2D eigenvalue weighted by Crippen LogP contribution is 2.09. The summed E-state index contributed by atoms with van der Waals surface area (Å²) in [5.74, 6) is 0.312. The van der Waals surface area contributed by atoms with Gasteiger partial charge in [0.25, 0.3) is 0 Å². The number of ether oxygens (including phenoxy) is 1. The molecular formula is C6H8N2O2. The molecule has 4 nitrogen and oxygen atoms in total. The number of hydrogen-bond donors (Lipinski definition) is 2. The van der Waals surface area contributed by atoms with Gasteiger partial charge in [0.2, 0.25) is 11.3 Å². The Morgan fingerprint density at radius 1 is 1.70 bits per heavy atom. The van der Waals surface area contributed by atoms with Gasteiger partial charge in [0.15, 0.2) is 0 Å². The van der Waals surface area contributed by atoms with Crippen LogP contribution in [0.25, 0.3) is 0 Å². The molecule has 4 heteroatoms. The second kappa shape index (κ2) is 2.43. The van der Waals surface area contributed by atoms with Crippen LogP contribution in [-0.4, -0.2) is 12.1 Å². The molecule has 1 heterocycles. The fourth-order valence-corrected chi connectivity index (χ4v) is 0.641. The normalized spacial score (nSPS) is 9.30. The van der Waals surface area contributed by atoms with Crippen molar-refractivity contribution in [1.82, 2.24) is 4.98 Å². The zero-order valence-electron chi connectivity index (χ0n) is 5.55. The number of nitrogens with one attached hydrogen (secondary N) is 1. The second-order valence-electron chi connectivity index (χ2n) is 1.79. The van der Waals surface area contributed by atoms with Gasteiger partial charge in [0.1, 0.15) is 5.69 Å². The minimum absolute atomic E-state index is 0.116. The van der Waals surface area contributed by atoms with E-state index in [4.69, 9.17) is 10.5 Å². The maximum atomic E-state index is 10.8. The molecule has 1 aromatic rings. The van der Waals surface area contributed by atoms with Crippen LogP contribution in [0.2, 0.25) is 0 Å². The van der Waals surface area contributed by atoms with Crippen molar-refractivity contribution in [2.75, 3.05) is 12.8 Å². The number of methoxy groups -OCH3 is 1. The summed E-state index contributed by atoms with van der Waals surface area (Å²) < 4.78 is 4.75. The summed E-state index contributed by atoms with van der Waals surface area (Å²) in [6, 6.07) is 1.35. The van der Waals surface area contributed by atoms with Crippen molar-refractivity contribution in [1.29, 1.82) is 0 Å². The molecule has 1 aromatic heterocycles. The molecule has 0 atom stereocenters. The molecule has 0 aliphatic rings. The number of hydrogen-bond acceptors (Lipinski definition) is 3. The van der Waals surface area contributed by atoms with Crippen molar-refractivity contribution in [3.05, 3.63) is 22.5 Å². The zero-order valence-corrected chi connectivity index (χ0v) is 5.55. The highest BCUT2D eigenvalue weighted by molar-refractivity contribution is 5.46. The van der Waals surface area contributed by atoms with E-state index in [0.29, 0.717) is 5.88 Å². The molecule has 0 aliphatic heterocycles. The molecule has 3 N–H and O–H groups in total. The molecule has 0 saturated carbocycles. The first kappa shape index (κ1) is 6.67. The Morgan fingerprint density at radius 3 is 2.90 bits per heavy atom. The second-order valence-corrected chi connectivity index (χ2v) is 1.79. The van der Waals surface area contributed by atoms with Crippen LogP contribution >= 0.6 is 0 Å². The molecule has 0 aromatic carbocycles. The predicted molar refractivity (Wildman–Crippen MR) is 38.0 cm³/mol. The van der Waals surface area contributed by atoms with Gasteiger partial charge in [0, 0.05) is 12.3 Å². The topological polar surface area (TPSA) is 68.1 Å². The van der Waals surface area contributed by atoms with Crippen LogP contribution in [0.15, 0.2) is 17.1 Å².